The first-order chi connectivity index (χ1) is 28.9. The van der Waals surface area contributed by atoms with E-state index in [4.69, 9.17) is 4.74 Å². The van der Waals surface area contributed by atoms with Gasteiger partial charge in [0.15, 0.2) is 0 Å². The molecule has 0 saturated carbocycles. The average molecular weight is 894 g/mol. The third-order valence-electron chi connectivity index (χ3n) is 9.68. The first kappa shape index (κ1) is 46.3. The lowest BCUT2D eigenvalue weighted by atomic mass is 10.1. The SMILES string of the molecule is CC(=O)OCCCN(CCCN(CCCN(CCCN(CCCBr)c1ccccc1[N+](=O)[O-])c1ccccc1[N+](=O)[O-])c1ccccc1[N+](=O)[O-])c1ccccc1[N+](=O)[O-]. The zero-order valence-corrected chi connectivity index (χ0v) is 35.0. The minimum Gasteiger partial charge on any atom is -0.466 e. The van der Waals surface area contributed by atoms with Gasteiger partial charge in [-0.3, -0.25) is 45.3 Å². The minimum absolute atomic E-state index is 0.00941. The number of nitro benzene ring substituents is 4. The highest BCUT2D eigenvalue weighted by molar-refractivity contribution is 9.09. The smallest absolute Gasteiger partial charge is 0.302 e. The summed E-state index contributed by atoms with van der Waals surface area (Å²) in [6.45, 7) is 4.49. The summed E-state index contributed by atoms with van der Waals surface area (Å²) in [7, 11) is 0. The van der Waals surface area contributed by atoms with Crippen LogP contribution in [0.1, 0.15) is 39.0 Å². The molecule has 4 aromatic carbocycles. The van der Waals surface area contributed by atoms with Gasteiger partial charge in [-0.15, -0.1) is 0 Å². The van der Waals surface area contributed by atoms with E-state index in [9.17, 15) is 45.3 Å². The van der Waals surface area contributed by atoms with Gasteiger partial charge in [0, 0.05) is 88.9 Å². The third-order valence-corrected chi connectivity index (χ3v) is 10.2. The maximum Gasteiger partial charge on any atom is 0.302 e. The van der Waals surface area contributed by atoms with Crippen molar-refractivity contribution in [2.45, 2.75) is 39.0 Å². The molecule has 60 heavy (non-hydrogen) atoms. The molecular formula is C41H49BrN8O10. The molecule has 0 aliphatic carbocycles. The molecule has 0 aliphatic rings. The summed E-state index contributed by atoms with van der Waals surface area (Å²) in [5.74, 6) is -0.432. The average Bonchev–Trinajstić information content (AvgIpc) is 3.24. The zero-order valence-electron chi connectivity index (χ0n) is 33.4. The Balaban J connectivity index is 1.57. The van der Waals surface area contributed by atoms with Crippen molar-refractivity contribution < 1.29 is 29.2 Å². The molecule has 19 heteroatoms. The number of hydrogen-bond acceptors (Lipinski definition) is 14. The van der Waals surface area contributed by atoms with Gasteiger partial charge < -0.3 is 24.3 Å². The molecule has 4 aromatic rings. The van der Waals surface area contributed by atoms with E-state index in [1.165, 1.54) is 31.2 Å². The zero-order chi connectivity index (χ0) is 43.4. The van der Waals surface area contributed by atoms with Gasteiger partial charge in [-0.1, -0.05) is 64.5 Å². The van der Waals surface area contributed by atoms with E-state index in [0.29, 0.717) is 106 Å². The van der Waals surface area contributed by atoms with Gasteiger partial charge in [-0.05, 0) is 56.4 Å². The number of carbonyl (C=O) groups is 1. The lowest BCUT2D eigenvalue weighted by Gasteiger charge is -2.30. The number of nitro groups is 4. The van der Waals surface area contributed by atoms with Crippen molar-refractivity contribution in [1.29, 1.82) is 0 Å². The molecule has 0 aliphatic heterocycles. The Bertz CT molecular complexity index is 2080. The Hall–Kier alpha value is -6.37. The van der Waals surface area contributed by atoms with Crippen LogP contribution < -0.4 is 19.6 Å². The number of para-hydroxylation sites is 8. The van der Waals surface area contributed by atoms with Crippen molar-refractivity contribution in [2.24, 2.45) is 0 Å². The van der Waals surface area contributed by atoms with Crippen molar-refractivity contribution >= 4 is 67.4 Å². The van der Waals surface area contributed by atoms with Crippen LogP contribution >= 0.6 is 15.9 Å². The number of anilines is 4. The summed E-state index contributed by atoms with van der Waals surface area (Å²) >= 11 is 3.45. The number of esters is 1. The molecule has 320 valence electrons. The van der Waals surface area contributed by atoms with Gasteiger partial charge in [0.2, 0.25) is 0 Å². The summed E-state index contributed by atoms with van der Waals surface area (Å²) in [6.07, 6.45) is 2.53. The summed E-state index contributed by atoms with van der Waals surface area (Å²) in [6, 6.07) is 25.7. The number of ether oxygens (including phenoxy) is 1. The molecule has 0 bridgehead atoms. The molecule has 0 N–H and O–H groups in total. The molecule has 0 aromatic heterocycles. The molecular weight excluding hydrogens is 844 g/mol. The van der Waals surface area contributed by atoms with E-state index in [-0.39, 0.29) is 29.4 Å². The molecule has 0 unspecified atom stereocenters. The molecule has 0 atom stereocenters. The van der Waals surface area contributed by atoms with Crippen molar-refractivity contribution in [3.05, 3.63) is 138 Å². The fraction of sp³-hybridized carbons (Fsp3) is 0.390. The van der Waals surface area contributed by atoms with Gasteiger partial charge in [0.25, 0.3) is 22.7 Å². The van der Waals surface area contributed by atoms with Crippen LogP contribution in [0.3, 0.4) is 0 Å². The number of alkyl halides is 1. The van der Waals surface area contributed by atoms with E-state index in [2.05, 4.69) is 15.9 Å². The Kier molecular flexibility index (Phi) is 18.4. The molecule has 0 amide bonds. The standard InChI is InChI=1S/C41H49BrN8O10/c1-33(51)60-32-14-31-46(37-18-5-9-22-41(37)50(58)59)30-13-29-45(36-17-4-8-21-40(36)49(56)57)28-12-27-44(35-16-3-7-20-39(35)48(54)55)26-11-25-43(24-10-23-42)34-15-2-6-19-38(34)47(52)53/h2-9,15-22H,10-14,23-32H2,1H3. The molecule has 0 spiro atoms. The van der Waals surface area contributed by atoms with E-state index >= 15 is 0 Å². The van der Waals surface area contributed by atoms with E-state index in [0.717, 1.165) is 6.42 Å². The summed E-state index contributed by atoms with van der Waals surface area (Å²) in [4.78, 5) is 65.5. The van der Waals surface area contributed by atoms with Crippen molar-refractivity contribution in [1.82, 2.24) is 0 Å². The van der Waals surface area contributed by atoms with E-state index < -0.39 is 25.7 Å². The quantitative estimate of drug-likeness (QED) is 0.0180. The second-order valence-electron chi connectivity index (χ2n) is 13.7. The van der Waals surface area contributed by atoms with Gasteiger partial charge in [0.1, 0.15) is 22.7 Å². The highest BCUT2D eigenvalue weighted by Crippen LogP contribution is 2.33. The number of benzene rings is 4. The third kappa shape index (κ3) is 13.6. The van der Waals surface area contributed by atoms with Crippen LogP contribution in [0.4, 0.5) is 45.5 Å². The maximum absolute atomic E-state index is 12.2. The lowest BCUT2D eigenvalue weighted by Crippen LogP contribution is -2.35. The van der Waals surface area contributed by atoms with Crippen molar-refractivity contribution in [2.75, 3.05) is 83.9 Å². The first-order valence-electron chi connectivity index (χ1n) is 19.6. The largest absolute Gasteiger partial charge is 0.466 e. The summed E-state index contributed by atoms with van der Waals surface area (Å²) in [5, 5.41) is 49.0. The van der Waals surface area contributed by atoms with Crippen molar-refractivity contribution in [3.63, 3.8) is 0 Å². The van der Waals surface area contributed by atoms with Gasteiger partial charge in [0.05, 0.1) is 26.3 Å². The minimum atomic E-state index is -0.455. The highest BCUT2D eigenvalue weighted by Gasteiger charge is 2.24. The van der Waals surface area contributed by atoms with Crippen LogP contribution in [0.15, 0.2) is 97.1 Å². The molecule has 0 saturated heterocycles. The Labute approximate surface area is 356 Å². The van der Waals surface area contributed by atoms with E-state index in [1.54, 1.807) is 72.8 Å². The monoisotopic (exact) mass is 892 g/mol. The van der Waals surface area contributed by atoms with Gasteiger partial charge in [-0.2, -0.15) is 0 Å². The second-order valence-corrected chi connectivity index (χ2v) is 14.5. The fourth-order valence-electron chi connectivity index (χ4n) is 7.03. The normalized spacial score (nSPS) is 10.8. The number of nitrogens with zero attached hydrogens (tertiary/aromatic N) is 8. The number of halogens is 1. The van der Waals surface area contributed by atoms with Crippen molar-refractivity contribution in [3.8, 4) is 0 Å². The maximum atomic E-state index is 12.2. The number of carbonyl (C=O) groups excluding carboxylic acids is 1. The number of rotatable bonds is 27. The van der Waals surface area contributed by atoms with Gasteiger partial charge >= 0.3 is 5.97 Å². The van der Waals surface area contributed by atoms with Crippen LogP contribution in [-0.2, 0) is 9.53 Å². The molecule has 4 rings (SSSR count). The van der Waals surface area contributed by atoms with Crippen LogP contribution in [0.2, 0.25) is 0 Å². The first-order valence-corrected chi connectivity index (χ1v) is 20.7. The van der Waals surface area contributed by atoms with Crippen LogP contribution in [0.25, 0.3) is 0 Å². The Morgan fingerprint density at radius 1 is 0.467 bits per heavy atom. The Morgan fingerprint density at radius 2 is 0.717 bits per heavy atom. The second kappa shape index (κ2) is 23.9. The van der Waals surface area contributed by atoms with Gasteiger partial charge in [-0.25, -0.2) is 0 Å². The highest BCUT2D eigenvalue weighted by atomic mass is 79.9. The van der Waals surface area contributed by atoms with Crippen LogP contribution in [0, 0.1) is 40.5 Å². The molecule has 0 heterocycles. The fourth-order valence-corrected chi connectivity index (χ4v) is 7.28. The molecule has 0 radical (unpaired) electrons. The lowest BCUT2D eigenvalue weighted by molar-refractivity contribution is -0.384. The topological polar surface area (TPSA) is 212 Å². The Morgan fingerprint density at radius 3 is 0.967 bits per heavy atom. The summed E-state index contributed by atoms with van der Waals surface area (Å²) < 4.78 is 5.10. The predicted octanol–water partition coefficient (Wildman–Crippen LogP) is 8.55. The van der Waals surface area contributed by atoms with Crippen LogP contribution in [-0.4, -0.2) is 90.0 Å². The molecule has 0 fully saturated rings. The summed E-state index contributed by atoms with van der Waals surface area (Å²) in [5.41, 5.74) is 1.43. The van der Waals surface area contributed by atoms with Crippen LogP contribution in [0.5, 0.6) is 0 Å². The predicted molar refractivity (Wildman–Crippen MR) is 235 cm³/mol. The van der Waals surface area contributed by atoms with E-state index in [1.807, 2.05) is 19.6 Å². The molecule has 18 nitrogen and oxygen atoms in total. The number of hydrogen-bond donors (Lipinski definition) is 0.